The SMILES string of the molecule is Cl.NC(=O)C[C@@H](N)c1ccccc1Cl. The second-order valence-electron chi connectivity index (χ2n) is 2.80. The van der Waals surface area contributed by atoms with Gasteiger partial charge in [0.05, 0.1) is 0 Å². The predicted octanol–water partition coefficient (Wildman–Crippen LogP) is 1.64. The molecule has 0 saturated heterocycles. The Morgan fingerprint density at radius 1 is 1.43 bits per heavy atom. The van der Waals surface area contributed by atoms with Crippen molar-refractivity contribution in [3.63, 3.8) is 0 Å². The molecule has 14 heavy (non-hydrogen) atoms. The number of rotatable bonds is 3. The molecule has 0 bridgehead atoms. The third-order valence-electron chi connectivity index (χ3n) is 1.73. The summed E-state index contributed by atoms with van der Waals surface area (Å²) in [6, 6.07) is 6.74. The van der Waals surface area contributed by atoms with Gasteiger partial charge in [0.15, 0.2) is 0 Å². The van der Waals surface area contributed by atoms with Crippen LogP contribution < -0.4 is 11.5 Å². The number of hydrogen-bond donors (Lipinski definition) is 2. The largest absolute Gasteiger partial charge is 0.370 e. The van der Waals surface area contributed by atoms with Gasteiger partial charge < -0.3 is 11.5 Å². The summed E-state index contributed by atoms with van der Waals surface area (Å²) in [5.74, 6) is -0.424. The van der Waals surface area contributed by atoms with Crippen molar-refractivity contribution in [2.24, 2.45) is 11.5 Å². The van der Waals surface area contributed by atoms with Crippen LogP contribution in [0.3, 0.4) is 0 Å². The fourth-order valence-electron chi connectivity index (χ4n) is 1.10. The Morgan fingerprint density at radius 3 is 2.50 bits per heavy atom. The standard InChI is InChI=1S/C9H11ClN2O.ClH/c10-7-4-2-1-3-6(7)8(11)5-9(12)13;/h1-4,8H,5,11H2,(H2,12,13);1H/t8-;/m1./s1. The van der Waals surface area contributed by atoms with E-state index in [1.54, 1.807) is 12.1 Å². The van der Waals surface area contributed by atoms with Gasteiger partial charge in [0, 0.05) is 17.5 Å². The quantitative estimate of drug-likeness (QED) is 0.835. The van der Waals surface area contributed by atoms with Gasteiger partial charge in [-0.05, 0) is 11.6 Å². The van der Waals surface area contributed by atoms with E-state index >= 15 is 0 Å². The lowest BCUT2D eigenvalue weighted by molar-refractivity contribution is -0.118. The first-order chi connectivity index (χ1) is 6.11. The van der Waals surface area contributed by atoms with E-state index in [0.717, 1.165) is 5.56 Å². The van der Waals surface area contributed by atoms with E-state index in [9.17, 15) is 4.79 Å². The van der Waals surface area contributed by atoms with Gasteiger partial charge in [-0.15, -0.1) is 12.4 Å². The fraction of sp³-hybridized carbons (Fsp3) is 0.222. The summed E-state index contributed by atoms with van der Waals surface area (Å²) in [4.78, 5) is 10.6. The van der Waals surface area contributed by atoms with E-state index in [0.29, 0.717) is 5.02 Å². The maximum atomic E-state index is 10.6. The molecule has 0 aliphatic heterocycles. The molecule has 0 radical (unpaired) electrons. The molecule has 1 atom stereocenters. The van der Waals surface area contributed by atoms with Crippen LogP contribution in [-0.4, -0.2) is 5.91 Å². The molecule has 0 unspecified atom stereocenters. The number of halogens is 2. The monoisotopic (exact) mass is 234 g/mol. The number of nitrogens with two attached hydrogens (primary N) is 2. The number of carbonyl (C=O) groups is 1. The zero-order chi connectivity index (χ0) is 9.84. The predicted molar refractivity (Wildman–Crippen MR) is 59.4 cm³/mol. The van der Waals surface area contributed by atoms with Crippen LogP contribution in [0.4, 0.5) is 0 Å². The van der Waals surface area contributed by atoms with Gasteiger partial charge in [0.1, 0.15) is 0 Å². The maximum Gasteiger partial charge on any atom is 0.219 e. The van der Waals surface area contributed by atoms with Crippen molar-refractivity contribution in [1.82, 2.24) is 0 Å². The molecule has 1 aromatic rings. The van der Waals surface area contributed by atoms with Crippen molar-refractivity contribution < 1.29 is 4.79 Å². The van der Waals surface area contributed by atoms with E-state index in [1.165, 1.54) is 0 Å². The highest BCUT2D eigenvalue weighted by Gasteiger charge is 2.11. The maximum absolute atomic E-state index is 10.6. The first-order valence-electron chi connectivity index (χ1n) is 3.89. The van der Waals surface area contributed by atoms with Gasteiger partial charge >= 0.3 is 0 Å². The Hall–Kier alpha value is -0.770. The van der Waals surface area contributed by atoms with Gasteiger partial charge in [0.2, 0.25) is 5.91 Å². The van der Waals surface area contributed by atoms with Gasteiger partial charge in [-0.1, -0.05) is 29.8 Å². The molecule has 5 heteroatoms. The lowest BCUT2D eigenvalue weighted by Crippen LogP contribution is -2.20. The summed E-state index contributed by atoms with van der Waals surface area (Å²) in [6.45, 7) is 0. The van der Waals surface area contributed by atoms with E-state index < -0.39 is 11.9 Å². The average molecular weight is 235 g/mol. The number of carbonyl (C=O) groups excluding carboxylic acids is 1. The third kappa shape index (κ3) is 3.54. The van der Waals surface area contributed by atoms with Crippen LogP contribution in [0, 0.1) is 0 Å². The molecule has 1 amide bonds. The molecule has 0 aliphatic rings. The number of amides is 1. The van der Waals surface area contributed by atoms with Crippen molar-refractivity contribution >= 4 is 29.9 Å². The average Bonchev–Trinajstić information content (AvgIpc) is 2.03. The molecule has 0 aromatic heterocycles. The second kappa shape index (κ2) is 5.86. The van der Waals surface area contributed by atoms with Crippen molar-refractivity contribution in [3.05, 3.63) is 34.9 Å². The Bertz CT molecular complexity index is 317. The van der Waals surface area contributed by atoms with Crippen LogP contribution >= 0.6 is 24.0 Å². The van der Waals surface area contributed by atoms with E-state index in [2.05, 4.69) is 0 Å². The Kier molecular flexibility index (Phi) is 5.53. The van der Waals surface area contributed by atoms with Crippen LogP contribution in [0.15, 0.2) is 24.3 Å². The highest BCUT2D eigenvalue weighted by molar-refractivity contribution is 6.31. The second-order valence-corrected chi connectivity index (χ2v) is 3.21. The molecular formula is C9H12Cl2N2O. The van der Waals surface area contributed by atoms with Crippen LogP contribution in [0.1, 0.15) is 18.0 Å². The van der Waals surface area contributed by atoms with Crippen LogP contribution in [0.25, 0.3) is 0 Å². The Morgan fingerprint density at radius 2 is 2.00 bits per heavy atom. The minimum Gasteiger partial charge on any atom is -0.370 e. The molecule has 1 rings (SSSR count). The fourth-order valence-corrected chi connectivity index (χ4v) is 1.38. The summed E-state index contributed by atoms with van der Waals surface area (Å²) in [5, 5.41) is 0.566. The lowest BCUT2D eigenvalue weighted by Gasteiger charge is -2.10. The lowest BCUT2D eigenvalue weighted by atomic mass is 10.0. The summed E-state index contributed by atoms with van der Waals surface area (Å²) >= 11 is 5.87. The molecule has 4 N–H and O–H groups in total. The molecule has 0 spiro atoms. The molecular weight excluding hydrogens is 223 g/mol. The van der Waals surface area contributed by atoms with Crippen molar-refractivity contribution in [2.75, 3.05) is 0 Å². The number of benzene rings is 1. The van der Waals surface area contributed by atoms with Crippen molar-refractivity contribution in [3.8, 4) is 0 Å². The summed E-state index contributed by atoms with van der Waals surface area (Å²) in [7, 11) is 0. The third-order valence-corrected chi connectivity index (χ3v) is 2.07. The first kappa shape index (κ1) is 13.2. The molecule has 0 saturated carbocycles. The van der Waals surface area contributed by atoms with Gasteiger partial charge in [-0.2, -0.15) is 0 Å². The van der Waals surface area contributed by atoms with Crippen LogP contribution in [0.2, 0.25) is 5.02 Å². The molecule has 1 aromatic carbocycles. The summed E-state index contributed by atoms with van der Waals surface area (Å²) in [6.07, 6.45) is 0.115. The van der Waals surface area contributed by atoms with E-state index in [4.69, 9.17) is 23.1 Å². The van der Waals surface area contributed by atoms with Crippen LogP contribution in [0.5, 0.6) is 0 Å². The zero-order valence-electron chi connectivity index (χ0n) is 7.44. The topological polar surface area (TPSA) is 69.1 Å². The number of primary amides is 1. The molecule has 3 nitrogen and oxygen atoms in total. The summed E-state index contributed by atoms with van der Waals surface area (Å²) < 4.78 is 0. The van der Waals surface area contributed by atoms with Crippen molar-refractivity contribution in [1.29, 1.82) is 0 Å². The van der Waals surface area contributed by atoms with Gasteiger partial charge in [-0.3, -0.25) is 4.79 Å². The minimum absolute atomic E-state index is 0. The van der Waals surface area contributed by atoms with Crippen molar-refractivity contribution in [2.45, 2.75) is 12.5 Å². The Labute approximate surface area is 93.8 Å². The summed E-state index contributed by atoms with van der Waals surface area (Å²) in [5.41, 5.74) is 11.5. The van der Waals surface area contributed by atoms with Crippen LogP contribution in [-0.2, 0) is 4.79 Å². The highest BCUT2D eigenvalue weighted by Crippen LogP contribution is 2.22. The first-order valence-corrected chi connectivity index (χ1v) is 4.27. The van der Waals surface area contributed by atoms with E-state index in [1.807, 2.05) is 12.1 Å². The highest BCUT2D eigenvalue weighted by atomic mass is 35.5. The molecule has 0 aliphatic carbocycles. The molecule has 0 heterocycles. The smallest absolute Gasteiger partial charge is 0.219 e. The zero-order valence-corrected chi connectivity index (χ0v) is 9.02. The Balaban J connectivity index is 0.00000169. The van der Waals surface area contributed by atoms with Gasteiger partial charge in [-0.25, -0.2) is 0 Å². The van der Waals surface area contributed by atoms with Gasteiger partial charge in [0.25, 0.3) is 0 Å². The normalized spacial score (nSPS) is 11.6. The number of hydrogen-bond acceptors (Lipinski definition) is 2. The van der Waals surface area contributed by atoms with E-state index in [-0.39, 0.29) is 18.8 Å². The molecule has 78 valence electrons. The molecule has 0 fully saturated rings. The minimum atomic E-state index is -0.424.